The molecule has 0 aliphatic carbocycles. The second kappa shape index (κ2) is 8.70. The quantitative estimate of drug-likeness (QED) is 0.666. The van der Waals surface area contributed by atoms with Gasteiger partial charge in [0.25, 0.3) is 0 Å². The average Bonchev–Trinajstić information content (AvgIpc) is 2.21. The van der Waals surface area contributed by atoms with Crippen LogP contribution in [-0.4, -0.2) is 37.1 Å². The topological polar surface area (TPSA) is 39.1 Å². The van der Waals surface area contributed by atoms with Gasteiger partial charge in [-0.25, -0.2) is 0 Å². The van der Waals surface area contributed by atoms with E-state index in [1.165, 1.54) is 0 Å². The van der Waals surface area contributed by atoms with Crippen molar-refractivity contribution in [3.63, 3.8) is 0 Å². The Bertz CT molecular complexity index is 184. The first-order chi connectivity index (χ1) is 7.13. The Hall–Kier alpha value is -0.590. The number of hydrogen-bond acceptors (Lipinski definition) is 3. The highest BCUT2D eigenvalue weighted by Gasteiger charge is 2.09. The molecule has 3 heteroatoms. The van der Waals surface area contributed by atoms with Gasteiger partial charge in [0.05, 0.1) is 12.1 Å². The van der Waals surface area contributed by atoms with E-state index < -0.39 is 0 Å². The van der Waals surface area contributed by atoms with Gasteiger partial charge in [-0.2, -0.15) is 5.26 Å². The van der Waals surface area contributed by atoms with Gasteiger partial charge in [0.15, 0.2) is 0 Å². The van der Waals surface area contributed by atoms with E-state index in [4.69, 9.17) is 5.26 Å². The molecule has 15 heavy (non-hydrogen) atoms. The van der Waals surface area contributed by atoms with Gasteiger partial charge < -0.3 is 10.2 Å². The van der Waals surface area contributed by atoms with E-state index in [2.05, 4.69) is 37.1 Å². The number of nitrogens with one attached hydrogen (secondary N) is 1. The molecule has 0 spiro atoms. The maximum Gasteiger partial charge on any atom is 0.0965 e. The lowest BCUT2D eigenvalue weighted by atomic mass is 10.1. The van der Waals surface area contributed by atoms with Crippen LogP contribution in [-0.2, 0) is 0 Å². The monoisotopic (exact) mass is 211 g/mol. The van der Waals surface area contributed by atoms with Crippen molar-refractivity contribution in [1.29, 1.82) is 5.26 Å². The van der Waals surface area contributed by atoms with Crippen molar-refractivity contribution in [2.24, 2.45) is 5.92 Å². The van der Waals surface area contributed by atoms with Crippen molar-refractivity contribution >= 4 is 0 Å². The van der Waals surface area contributed by atoms with Gasteiger partial charge in [0.1, 0.15) is 0 Å². The van der Waals surface area contributed by atoms with Crippen LogP contribution in [0.5, 0.6) is 0 Å². The lowest BCUT2D eigenvalue weighted by molar-refractivity contribution is 0.247. The molecule has 0 aromatic heterocycles. The molecule has 0 saturated carbocycles. The molecule has 1 unspecified atom stereocenters. The van der Waals surface area contributed by atoms with Crippen LogP contribution in [0.25, 0.3) is 0 Å². The normalized spacial score (nSPS) is 13.1. The van der Waals surface area contributed by atoms with Gasteiger partial charge in [0, 0.05) is 13.1 Å². The second-order valence-electron chi connectivity index (χ2n) is 4.32. The van der Waals surface area contributed by atoms with Gasteiger partial charge in [-0.05, 0) is 25.4 Å². The molecule has 0 amide bonds. The van der Waals surface area contributed by atoms with Gasteiger partial charge in [-0.1, -0.05) is 27.7 Å². The Labute approximate surface area is 94.5 Å². The summed E-state index contributed by atoms with van der Waals surface area (Å²) in [4.78, 5) is 2.41. The van der Waals surface area contributed by atoms with Crippen molar-refractivity contribution < 1.29 is 0 Å². The fourth-order valence-electron chi connectivity index (χ4n) is 1.67. The zero-order valence-electron chi connectivity index (χ0n) is 10.6. The molecule has 0 aliphatic heterocycles. The first-order valence-electron chi connectivity index (χ1n) is 5.99. The maximum atomic E-state index is 8.89. The molecule has 1 atom stereocenters. The lowest BCUT2D eigenvalue weighted by Crippen LogP contribution is -2.35. The largest absolute Gasteiger partial charge is 0.303 e. The van der Waals surface area contributed by atoms with Crippen LogP contribution < -0.4 is 5.32 Å². The van der Waals surface area contributed by atoms with E-state index in [1.807, 2.05) is 6.92 Å². The molecule has 0 aliphatic rings. The Balaban J connectivity index is 3.83. The summed E-state index contributed by atoms with van der Waals surface area (Å²) < 4.78 is 0. The van der Waals surface area contributed by atoms with Crippen molar-refractivity contribution in [2.45, 2.75) is 40.2 Å². The van der Waals surface area contributed by atoms with E-state index in [0.717, 1.165) is 32.6 Å². The maximum absolute atomic E-state index is 8.89. The highest BCUT2D eigenvalue weighted by molar-refractivity contribution is 4.89. The summed E-state index contributed by atoms with van der Waals surface area (Å²) in [5.74, 6) is 0.699. The summed E-state index contributed by atoms with van der Waals surface area (Å²) in [5, 5.41) is 12.1. The smallest absolute Gasteiger partial charge is 0.0965 e. The molecular weight excluding hydrogens is 186 g/mol. The number of hydrogen-bond donors (Lipinski definition) is 1. The van der Waals surface area contributed by atoms with Gasteiger partial charge in [-0.15, -0.1) is 0 Å². The Morgan fingerprint density at radius 1 is 1.33 bits per heavy atom. The van der Waals surface area contributed by atoms with Crippen LogP contribution in [0.3, 0.4) is 0 Å². The summed E-state index contributed by atoms with van der Waals surface area (Å²) in [6.07, 6.45) is 0.922. The molecule has 3 nitrogen and oxygen atoms in total. The number of rotatable bonds is 8. The molecular formula is C12H25N3. The predicted octanol–water partition coefficient (Wildman–Crippen LogP) is 1.86. The molecule has 0 saturated heterocycles. The minimum Gasteiger partial charge on any atom is -0.303 e. The standard InChI is InChI=1S/C12H25N3/c1-5-14-12(9-13)7-8-15(6-2)10-11(3)4/h11-12,14H,5-8,10H2,1-4H3. The molecule has 1 N–H and O–H groups in total. The van der Waals surface area contributed by atoms with Crippen molar-refractivity contribution in [3.05, 3.63) is 0 Å². The first kappa shape index (κ1) is 14.4. The van der Waals surface area contributed by atoms with Crippen LogP contribution >= 0.6 is 0 Å². The fraction of sp³-hybridized carbons (Fsp3) is 0.917. The molecule has 0 fully saturated rings. The summed E-state index contributed by atoms with van der Waals surface area (Å²) >= 11 is 0. The third-order valence-electron chi connectivity index (χ3n) is 2.41. The van der Waals surface area contributed by atoms with Crippen molar-refractivity contribution in [3.8, 4) is 6.07 Å². The third-order valence-corrected chi connectivity index (χ3v) is 2.41. The lowest BCUT2D eigenvalue weighted by Gasteiger charge is -2.23. The Kier molecular flexibility index (Phi) is 8.35. The summed E-state index contributed by atoms with van der Waals surface area (Å²) in [6.45, 7) is 12.8. The highest BCUT2D eigenvalue weighted by atomic mass is 15.1. The SMILES string of the molecule is CCNC(C#N)CCN(CC)CC(C)C. The van der Waals surface area contributed by atoms with Crippen molar-refractivity contribution in [2.75, 3.05) is 26.2 Å². The average molecular weight is 211 g/mol. The predicted molar refractivity (Wildman–Crippen MR) is 64.6 cm³/mol. The highest BCUT2D eigenvalue weighted by Crippen LogP contribution is 2.01. The zero-order chi connectivity index (χ0) is 11.7. The molecule has 0 radical (unpaired) electrons. The third kappa shape index (κ3) is 7.35. The van der Waals surface area contributed by atoms with E-state index in [9.17, 15) is 0 Å². The van der Waals surface area contributed by atoms with E-state index in [1.54, 1.807) is 0 Å². The van der Waals surface area contributed by atoms with Gasteiger partial charge >= 0.3 is 0 Å². The van der Waals surface area contributed by atoms with Crippen LogP contribution in [0.2, 0.25) is 0 Å². The van der Waals surface area contributed by atoms with E-state index in [0.29, 0.717) is 5.92 Å². The number of nitriles is 1. The second-order valence-corrected chi connectivity index (χ2v) is 4.32. The van der Waals surface area contributed by atoms with Crippen LogP contribution in [0.15, 0.2) is 0 Å². The first-order valence-corrected chi connectivity index (χ1v) is 5.99. The van der Waals surface area contributed by atoms with Crippen LogP contribution in [0, 0.1) is 17.2 Å². The minimum absolute atomic E-state index is 0.0104. The van der Waals surface area contributed by atoms with E-state index >= 15 is 0 Å². The van der Waals surface area contributed by atoms with E-state index in [-0.39, 0.29) is 6.04 Å². The molecule has 0 heterocycles. The van der Waals surface area contributed by atoms with Crippen molar-refractivity contribution in [1.82, 2.24) is 10.2 Å². The summed E-state index contributed by atoms with van der Waals surface area (Å²) in [5.41, 5.74) is 0. The Morgan fingerprint density at radius 2 is 2.00 bits per heavy atom. The minimum atomic E-state index is 0.0104. The molecule has 0 aromatic carbocycles. The molecule has 0 bridgehead atoms. The van der Waals surface area contributed by atoms with Crippen LogP contribution in [0.1, 0.15) is 34.1 Å². The number of nitrogens with zero attached hydrogens (tertiary/aromatic N) is 2. The zero-order valence-corrected chi connectivity index (χ0v) is 10.6. The van der Waals surface area contributed by atoms with Gasteiger partial charge in [0.2, 0.25) is 0 Å². The van der Waals surface area contributed by atoms with Crippen LogP contribution in [0.4, 0.5) is 0 Å². The van der Waals surface area contributed by atoms with Gasteiger partial charge in [-0.3, -0.25) is 0 Å². The summed E-state index contributed by atoms with van der Waals surface area (Å²) in [7, 11) is 0. The molecule has 88 valence electrons. The Morgan fingerprint density at radius 3 is 2.40 bits per heavy atom. The molecule has 0 aromatic rings. The summed E-state index contributed by atoms with van der Waals surface area (Å²) in [6, 6.07) is 2.31. The molecule has 0 rings (SSSR count). The fourth-order valence-corrected chi connectivity index (χ4v) is 1.67.